The van der Waals surface area contributed by atoms with Crippen molar-refractivity contribution in [1.29, 1.82) is 0 Å². The van der Waals surface area contributed by atoms with Crippen LogP contribution in [0.5, 0.6) is 0 Å². The summed E-state index contributed by atoms with van der Waals surface area (Å²) in [6, 6.07) is 8.17. The molecule has 3 heteroatoms. The highest BCUT2D eigenvalue weighted by atomic mass is 15.0. The summed E-state index contributed by atoms with van der Waals surface area (Å²) in [6.45, 7) is 1.06. The number of aromatic amines is 1. The molecular formula is C12H17N3. The largest absolute Gasteiger partial charge is 0.399 e. The average Bonchev–Trinajstić information content (AvgIpc) is 2.56. The molecule has 0 aliphatic rings. The normalized spacial score (nSPS) is 11.4. The molecule has 0 saturated carbocycles. The minimum Gasteiger partial charge on any atom is -0.399 e. The van der Waals surface area contributed by atoms with E-state index in [1.807, 2.05) is 12.1 Å². The Morgan fingerprint density at radius 1 is 1.27 bits per heavy atom. The van der Waals surface area contributed by atoms with Crippen LogP contribution in [0.2, 0.25) is 0 Å². The minimum absolute atomic E-state index is 0.809. The first-order chi connectivity index (χ1) is 7.15. The number of aromatic nitrogens is 1. The van der Waals surface area contributed by atoms with Crippen LogP contribution >= 0.6 is 0 Å². The lowest BCUT2D eigenvalue weighted by Crippen LogP contribution is -2.15. The number of benzene rings is 1. The fraction of sp³-hybridized carbons (Fsp3) is 0.333. The highest BCUT2D eigenvalue weighted by Gasteiger charge is 2.01. The molecule has 0 fully saturated rings. The summed E-state index contributed by atoms with van der Waals surface area (Å²) in [5.41, 5.74) is 8.93. The Labute approximate surface area is 89.9 Å². The predicted octanol–water partition coefficient (Wildman–Crippen LogP) is 1.85. The summed E-state index contributed by atoms with van der Waals surface area (Å²) < 4.78 is 0. The SMILES string of the molecule is CN(C)CCc1cc2ccc(N)cc2[nH]1. The van der Waals surface area contributed by atoms with Gasteiger partial charge >= 0.3 is 0 Å². The highest BCUT2D eigenvalue weighted by molar-refractivity contribution is 5.83. The topological polar surface area (TPSA) is 45.0 Å². The van der Waals surface area contributed by atoms with Crippen LogP contribution in [0.1, 0.15) is 5.69 Å². The third-order valence-corrected chi connectivity index (χ3v) is 2.53. The summed E-state index contributed by atoms with van der Waals surface area (Å²) >= 11 is 0. The van der Waals surface area contributed by atoms with Crippen molar-refractivity contribution in [3.05, 3.63) is 30.0 Å². The van der Waals surface area contributed by atoms with Crippen molar-refractivity contribution in [2.24, 2.45) is 0 Å². The second kappa shape index (κ2) is 3.95. The molecule has 2 rings (SSSR count). The zero-order valence-electron chi connectivity index (χ0n) is 9.25. The molecule has 1 aromatic heterocycles. The van der Waals surface area contributed by atoms with Gasteiger partial charge in [0.05, 0.1) is 0 Å². The van der Waals surface area contributed by atoms with Gasteiger partial charge in [-0.15, -0.1) is 0 Å². The van der Waals surface area contributed by atoms with Crippen molar-refractivity contribution in [2.45, 2.75) is 6.42 Å². The van der Waals surface area contributed by atoms with E-state index < -0.39 is 0 Å². The molecule has 0 spiro atoms. The highest BCUT2D eigenvalue weighted by Crippen LogP contribution is 2.18. The minimum atomic E-state index is 0.809. The Morgan fingerprint density at radius 2 is 2.07 bits per heavy atom. The van der Waals surface area contributed by atoms with E-state index in [1.54, 1.807) is 0 Å². The first-order valence-electron chi connectivity index (χ1n) is 5.17. The molecule has 0 amide bonds. The van der Waals surface area contributed by atoms with E-state index in [2.05, 4.69) is 36.1 Å². The van der Waals surface area contributed by atoms with Crippen LogP contribution in [0.3, 0.4) is 0 Å². The smallest absolute Gasteiger partial charge is 0.0476 e. The lowest BCUT2D eigenvalue weighted by atomic mass is 10.2. The number of hydrogen-bond acceptors (Lipinski definition) is 2. The number of likely N-dealkylation sites (N-methyl/N-ethyl adjacent to an activating group) is 1. The molecule has 0 saturated heterocycles. The number of hydrogen-bond donors (Lipinski definition) is 2. The molecule has 0 aliphatic carbocycles. The zero-order valence-corrected chi connectivity index (χ0v) is 9.25. The van der Waals surface area contributed by atoms with Gasteiger partial charge in [0.15, 0.2) is 0 Å². The van der Waals surface area contributed by atoms with Crippen molar-refractivity contribution in [3.8, 4) is 0 Å². The molecule has 0 radical (unpaired) electrons. The molecule has 0 atom stereocenters. The lowest BCUT2D eigenvalue weighted by molar-refractivity contribution is 0.412. The number of anilines is 1. The van der Waals surface area contributed by atoms with Crippen LogP contribution < -0.4 is 5.73 Å². The van der Waals surface area contributed by atoms with Gasteiger partial charge in [-0.05, 0) is 37.7 Å². The summed E-state index contributed by atoms with van der Waals surface area (Å²) in [5.74, 6) is 0. The van der Waals surface area contributed by atoms with Gasteiger partial charge in [-0.3, -0.25) is 0 Å². The fourth-order valence-corrected chi connectivity index (χ4v) is 1.68. The summed E-state index contributed by atoms with van der Waals surface area (Å²) in [6.07, 6.45) is 1.04. The van der Waals surface area contributed by atoms with Crippen LogP contribution in [0.4, 0.5) is 5.69 Å². The average molecular weight is 203 g/mol. The van der Waals surface area contributed by atoms with E-state index in [1.165, 1.54) is 11.1 Å². The van der Waals surface area contributed by atoms with Gasteiger partial charge in [-0.25, -0.2) is 0 Å². The molecule has 0 aliphatic heterocycles. The van der Waals surface area contributed by atoms with Crippen molar-refractivity contribution in [3.63, 3.8) is 0 Å². The van der Waals surface area contributed by atoms with Gasteiger partial charge in [0.25, 0.3) is 0 Å². The van der Waals surface area contributed by atoms with E-state index in [0.29, 0.717) is 0 Å². The Hall–Kier alpha value is -1.48. The monoisotopic (exact) mass is 203 g/mol. The molecule has 3 N–H and O–H groups in total. The Balaban J connectivity index is 2.23. The van der Waals surface area contributed by atoms with Gasteiger partial charge in [0, 0.05) is 29.9 Å². The van der Waals surface area contributed by atoms with E-state index in [9.17, 15) is 0 Å². The summed E-state index contributed by atoms with van der Waals surface area (Å²) in [5, 5.41) is 1.23. The first-order valence-corrected chi connectivity index (χ1v) is 5.17. The number of nitrogen functional groups attached to an aromatic ring is 1. The first kappa shape index (κ1) is 10.1. The van der Waals surface area contributed by atoms with E-state index in [-0.39, 0.29) is 0 Å². The molecule has 2 aromatic rings. The maximum Gasteiger partial charge on any atom is 0.0476 e. The molecule has 15 heavy (non-hydrogen) atoms. The molecule has 1 aromatic carbocycles. The van der Waals surface area contributed by atoms with Gasteiger partial charge in [0.2, 0.25) is 0 Å². The second-order valence-electron chi connectivity index (χ2n) is 4.19. The number of rotatable bonds is 3. The van der Waals surface area contributed by atoms with Crippen molar-refractivity contribution >= 4 is 16.6 Å². The number of nitrogens with two attached hydrogens (primary N) is 1. The van der Waals surface area contributed by atoms with E-state index in [4.69, 9.17) is 5.73 Å². The third-order valence-electron chi connectivity index (χ3n) is 2.53. The predicted molar refractivity (Wildman–Crippen MR) is 65.0 cm³/mol. The Bertz CT molecular complexity index is 457. The third kappa shape index (κ3) is 2.30. The quantitative estimate of drug-likeness (QED) is 0.748. The Kier molecular flexibility index (Phi) is 2.64. The summed E-state index contributed by atoms with van der Waals surface area (Å²) in [7, 11) is 4.17. The molecule has 0 bridgehead atoms. The zero-order chi connectivity index (χ0) is 10.8. The molecular weight excluding hydrogens is 186 g/mol. The standard InChI is InChI=1S/C12H17N3/c1-15(2)6-5-11-7-9-3-4-10(13)8-12(9)14-11/h3-4,7-8,14H,5-6,13H2,1-2H3. The number of nitrogens with zero attached hydrogens (tertiary/aromatic N) is 1. The number of nitrogens with one attached hydrogen (secondary N) is 1. The van der Waals surface area contributed by atoms with Crippen molar-refractivity contribution in [1.82, 2.24) is 9.88 Å². The van der Waals surface area contributed by atoms with Crippen LogP contribution in [-0.4, -0.2) is 30.5 Å². The number of H-pyrrole nitrogens is 1. The molecule has 3 nitrogen and oxygen atoms in total. The van der Waals surface area contributed by atoms with Gasteiger partial charge in [-0.1, -0.05) is 6.07 Å². The van der Waals surface area contributed by atoms with Gasteiger partial charge in [0.1, 0.15) is 0 Å². The maximum atomic E-state index is 5.73. The lowest BCUT2D eigenvalue weighted by Gasteiger charge is -2.07. The molecule has 80 valence electrons. The van der Waals surface area contributed by atoms with Crippen LogP contribution in [0, 0.1) is 0 Å². The van der Waals surface area contributed by atoms with Crippen molar-refractivity contribution in [2.75, 3.05) is 26.4 Å². The van der Waals surface area contributed by atoms with Crippen molar-refractivity contribution < 1.29 is 0 Å². The Morgan fingerprint density at radius 3 is 2.80 bits per heavy atom. The van der Waals surface area contributed by atoms with Gasteiger partial charge in [-0.2, -0.15) is 0 Å². The van der Waals surface area contributed by atoms with Crippen LogP contribution in [-0.2, 0) is 6.42 Å². The van der Waals surface area contributed by atoms with E-state index in [0.717, 1.165) is 24.2 Å². The fourth-order valence-electron chi connectivity index (χ4n) is 1.68. The van der Waals surface area contributed by atoms with Crippen LogP contribution in [0.25, 0.3) is 10.9 Å². The second-order valence-corrected chi connectivity index (χ2v) is 4.19. The maximum absolute atomic E-state index is 5.73. The summed E-state index contributed by atoms with van der Waals surface area (Å²) in [4.78, 5) is 5.57. The van der Waals surface area contributed by atoms with Gasteiger partial charge < -0.3 is 15.6 Å². The molecule has 1 heterocycles. The van der Waals surface area contributed by atoms with E-state index >= 15 is 0 Å². The number of fused-ring (bicyclic) bond motifs is 1. The molecule has 0 unspecified atom stereocenters. The van der Waals surface area contributed by atoms with Crippen LogP contribution in [0.15, 0.2) is 24.3 Å².